The molecule has 2 aromatic carbocycles. The van der Waals surface area contributed by atoms with E-state index in [1.165, 1.54) is 11.1 Å². The van der Waals surface area contributed by atoms with Crippen molar-refractivity contribution in [1.29, 1.82) is 0 Å². The van der Waals surface area contributed by atoms with E-state index in [0.29, 0.717) is 23.3 Å². The van der Waals surface area contributed by atoms with E-state index in [4.69, 9.17) is 18.9 Å². The van der Waals surface area contributed by atoms with Gasteiger partial charge in [0, 0.05) is 22.9 Å². The Kier molecular flexibility index (Phi) is 4.31. The number of hydrogen-bond acceptors (Lipinski definition) is 6. The molecule has 6 nitrogen and oxygen atoms in total. The first-order chi connectivity index (χ1) is 15.6. The maximum atomic E-state index is 13.0. The van der Waals surface area contributed by atoms with Crippen LogP contribution in [0.25, 0.3) is 0 Å². The van der Waals surface area contributed by atoms with Crippen molar-refractivity contribution in [3.8, 4) is 17.2 Å². The highest BCUT2D eigenvalue weighted by molar-refractivity contribution is 5.89. The molecule has 1 saturated heterocycles. The van der Waals surface area contributed by atoms with Crippen LogP contribution in [0, 0.1) is 5.92 Å². The third kappa shape index (κ3) is 2.53. The molecule has 2 aliphatic carbocycles. The van der Waals surface area contributed by atoms with Crippen LogP contribution in [0.2, 0.25) is 0 Å². The molecule has 2 aromatic rings. The molecule has 6 rings (SSSR count). The van der Waals surface area contributed by atoms with Gasteiger partial charge in [-0.3, -0.25) is 0 Å². The van der Waals surface area contributed by atoms with Crippen molar-refractivity contribution in [2.45, 2.75) is 36.5 Å². The topological polar surface area (TPSA) is 57.2 Å². The number of carbonyl (C=O) groups excluding carboxylic acids is 1. The zero-order valence-electron chi connectivity index (χ0n) is 18.5. The molecular weight excluding hydrogens is 406 g/mol. The Morgan fingerprint density at radius 1 is 1.09 bits per heavy atom. The third-order valence-corrected chi connectivity index (χ3v) is 7.90. The summed E-state index contributed by atoms with van der Waals surface area (Å²) >= 11 is 0. The predicted molar refractivity (Wildman–Crippen MR) is 119 cm³/mol. The summed E-state index contributed by atoms with van der Waals surface area (Å²) in [7, 11) is 5.49. The van der Waals surface area contributed by atoms with Gasteiger partial charge in [0.2, 0.25) is 0 Å². The summed E-state index contributed by atoms with van der Waals surface area (Å²) in [5.74, 6) is 2.25. The van der Waals surface area contributed by atoms with Crippen LogP contribution in [0.4, 0.5) is 0 Å². The molecule has 4 aliphatic rings. The van der Waals surface area contributed by atoms with E-state index in [9.17, 15) is 4.79 Å². The summed E-state index contributed by atoms with van der Waals surface area (Å²) in [6.45, 7) is 0.990. The lowest BCUT2D eigenvalue weighted by Gasteiger charge is -2.56. The minimum atomic E-state index is -0.465. The Bertz CT molecular complexity index is 1110. The molecule has 32 heavy (non-hydrogen) atoms. The van der Waals surface area contributed by atoms with Crippen molar-refractivity contribution in [3.63, 3.8) is 0 Å². The molecule has 2 heterocycles. The van der Waals surface area contributed by atoms with Crippen LogP contribution in [0.1, 0.15) is 27.9 Å². The van der Waals surface area contributed by atoms with E-state index >= 15 is 0 Å². The smallest absolute Gasteiger partial charge is 0.338 e. The van der Waals surface area contributed by atoms with Crippen LogP contribution in [0.3, 0.4) is 0 Å². The van der Waals surface area contributed by atoms with Crippen molar-refractivity contribution >= 4 is 5.97 Å². The molecule has 2 aliphatic heterocycles. The number of carbonyl (C=O) groups is 1. The van der Waals surface area contributed by atoms with E-state index in [-0.39, 0.29) is 17.5 Å². The number of methoxy groups -OCH3 is 2. The van der Waals surface area contributed by atoms with Crippen molar-refractivity contribution in [2.75, 3.05) is 27.8 Å². The largest absolute Gasteiger partial charge is 0.497 e. The van der Waals surface area contributed by atoms with E-state index < -0.39 is 6.10 Å². The number of likely N-dealkylation sites (tertiary alicyclic amines) is 1. The quantitative estimate of drug-likeness (QED) is 0.544. The monoisotopic (exact) mass is 433 g/mol. The van der Waals surface area contributed by atoms with Crippen LogP contribution < -0.4 is 14.2 Å². The zero-order chi connectivity index (χ0) is 22.0. The molecule has 0 N–H and O–H groups in total. The molecular formula is C26H27NO5. The van der Waals surface area contributed by atoms with Gasteiger partial charge < -0.3 is 23.8 Å². The number of rotatable bonds is 4. The average Bonchev–Trinajstić information content (AvgIpc) is 3.17. The van der Waals surface area contributed by atoms with Crippen LogP contribution in [-0.2, 0) is 16.6 Å². The molecule has 0 amide bonds. The minimum Gasteiger partial charge on any atom is -0.497 e. The molecule has 0 aromatic heterocycles. The molecule has 1 spiro atoms. The highest BCUT2D eigenvalue weighted by atomic mass is 16.6. The standard InChI is InChI=1S/C26H27NO5/c1-27-13-12-26-18-9-11-21(31-25(28)15-4-7-17(29-2)8-5-15)24(26)32-23-20(30-3)10-6-16(22(23)26)14-19(18)27/h4-11,18-19,21,24H,12-14H2,1-3H3/t18-,19+,21-,24-,26-/m0/s1. The Morgan fingerprint density at radius 3 is 2.66 bits per heavy atom. The highest BCUT2D eigenvalue weighted by Crippen LogP contribution is 2.62. The first-order valence-electron chi connectivity index (χ1n) is 11.2. The lowest BCUT2D eigenvalue weighted by Crippen LogP contribution is -2.65. The van der Waals surface area contributed by atoms with E-state index in [1.54, 1.807) is 38.5 Å². The normalized spacial score (nSPS) is 31.5. The number of piperidine rings is 1. The van der Waals surface area contributed by atoms with Gasteiger partial charge in [-0.1, -0.05) is 12.1 Å². The first kappa shape index (κ1) is 19.7. The van der Waals surface area contributed by atoms with Gasteiger partial charge in [-0.25, -0.2) is 4.79 Å². The summed E-state index contributed by atoms with van der Waals surface area (Å²) in [5, 5.41) is 0. The molecule has 0 unspecified atom stereocenters. The van der Waals surface area contributed by atoms with E-state index in [2.05, 4.69) is 24.1 Å². The van der Waals surface area contributed by atoms with Crippen molar-refractivity contribution < 1.29 is 23.7 Å². The van der Waals surface area contributed by atoms with Crippen LogP contribution in [0.5, 0.6) is 17.2 Å². The zero-order valence-corrected chi connectivity index (χ0v) is 18.5. The summed E-state index contributed by atoms with van der Waals surface area (Å²) in [6, 6.07) is 11.6. The maximum Gasteiger partial charge on any atom is 0.338 e. The van der Waals surface area contributed by atoms with E-state index in [1.807, 2.05) is 12.1 Å². The molecule has 0 saturated carbocycles. The van der Waals surface area contributed by atoms with Gasteiger partial charge in [-0.05, 0) is 68.4 Å². The van der Waals surface area contributed by atoms with Crippen molar-refractivity contribution in [3.05, 3.63) is 65.2 Å². The fourth-order valence-corrected chi connectivity index (χ4v) is 6.39. The number of esters is 1. The summed E-state index contributed by atoms with van der Waals surface area (Å²) < 4.78 is 23.5. The number of benzene rings is 2. The summed E-state index contributed by atoms with van der Waals surface area (Å²) in [5.41, 5.74) is 2.89. The summed E-state index contributed by atoms with van der Waals surface area (Å²) in [4.78, 5) is 15.5. The van der Waals surface area contributed by atoms with Gasteiger partial charge in [0.1, 0.15) is 11.9 Å². The van der Waals surface area contributed by atoms with E-state index in [0.717, 1.165) is 30.9 Å². The van der Waals surface area contributed by atoms with Gasteiger partial charge in [0.05, 0.1) is 19.8 Å². The Morgan fingerprint density at radius 2 is 1.91 bits per heavy atom. The summed E-state index contributed by atoms with van der Waals surface area (Å²) in [6.07, 6.45) is 5.53. The maximum absolute atomic E-state index is 13.0. The molecule has 1 fully saturated rings. The Balaban J connectivity index is 1.40. The Hall–Kier alpha value is -2.99. The highest BCUT2D eigenvalue weighted by Gasteiger charge is 2.65. The SMILES string of the molecule is COc1ccc(C(=O)O[C@H]2C=C[C@H]3[C@H]4Cc5ccc(OC)c6c5[C@@]3(CCN4C)[C@H]2O6)cc1. The fourth-order valence-electron chi connectivity index (χ4n) is 6.39. The second-order valence-corrected chi connectivity index (χ2v) is 9.22. The second kappa shape index (κ2) is 7.01. The van der Waals surface area contributed by atoms with Crippen LogP contribution in [0.15, 0.2) is 48.6 Å². The van der Waals surface area contributed by atoms with Crippen molar-refractivity contribution in [1.82, 2.24) is 4.90 Å². The Labute approximate surface area is 187 Å². The number of nitrogens with zero attached hydrogens (tertiary/aromatic N) is 1. The van der Waals surface area contributed by atoms with Gasteiger partial charge in [0.25, 0.3) is 0 Å². The molecule has 6 heteroatoms. The van der Waals surface area contributed by atoms with Gasteiger partial charge in [0.15, 0.2) is 17.6 Å². The van der Waals surface area contributed by atoms with Crippen LogP contribution in [-0.4, -0.2) is 56.9 Å². The average molecular weight is 434 g/mol. The third-order valence-electron chi connectivity index (χ3n) is 7.90. The fraction of sp³-hybridized carbons (Fsp3) is 0.423. The predicted octanol–water partition coefficient (Wildman–Crippen LogP) is 3.37. The molecule has 2 bridgehead atoms. The minimum absolute atomic E-state index is 0.200. The number of hydrogen-bond donors (Lipinski definition) is 0. The number of ether oxygens (including phenoxy) is 4. The van der Waals surface area contributed by atoms with Crippen molar-refractivity contribution in [2.24, 2.45) is 5.92 Å². The second-order valence-electron chi connectivity index (χ2n) is 9.22. The van der Waals surface area contributed by atoms with Gasteiger partial charge in [-0.15, -0.1) is 0 Å². The molecule has 166 valence electrons. The first-order valence-corrected chi connectivity index (χ1v) is 11.2. The lowest BCUT2D eigenvalue weighted by atomic mass is 9.53. The molecule has 5 atom stereocenters. The van der Waals surface area contributed by atoms with Crippen LogP contribution >= 0.6 is 0 Å². The lowest BCUT2D eigenvalue weighted by molar-refractivity contribution is -0.0555. The van der Waals surface area contributed by atoms with Gasteiger partial charge in [-0.2, -0.15) is 0 Å². The van der Waals surface area contributed by atoms with Gasteiger partial charge >= 0.3 is 5.97 Å². The molecule has 0 radical (unpaired) electrons. The number of likely N-dealkylation sites (N-methyl/N-ethyl adjacent to an activating group) is 1.